The van der Waals surface area contributed by atoms with Crippen LogP contribution in [0.15, 0.2) is 66.9 Å². The molecule has 0 fully saturated rings. The number of pyridine rings is 1. The summed E-state index contributed by atoms with van der Waals surface area (Å²) in [7, 11) is 1.67. The molecule has 0 saturated heterocycles. The van der Waals surface area contributed by atoms with Crippen LogP contribution in [0.3, 0.4) is 0 Å². The van der Waals surface area contributed by atoms with Gasteiger partial charge in [-0.3, -0.25) is 4.57 Å². The van der Waals surface area contributed by atoms with E-state index >= 15 is 0 Å². The first-order chi connectivity index (χ1) is 13.5. The molecule has 28 heavy (non-hydrogen) atoms. The summed E-state index contributed by atoms with van der Waals surface area (Å²) in [5, 5.41) is 6.12. The van der Waals surface area contributed by atoms with Crippen LogP contribution < -0.4 is 10.6 Å². The number of rotatable bonds is 4. The van der Waals surface area contributed by atoms with Crippen LogP contribution in [0, 0.1) is 0 Å². The summed E-state index contributed by atoms with van der Waals surface area (Å²) in [6, 6.07) is 16.4. The Morgan fingerprint density at radius 1 is 0.964 bits per heavy atom. The molecule has 0 aliphatic rings. The van der Waals surface area contributed by atoms with Gasteiger partial charge in [-0.25, -0.2) is 9.97 Å². The van der Waals surface area contributed by atoms with Crippen molar-refractivity contribution in [1.29, 1.82) is 0 Å². The number of anilines is 3. The quantitative estimate of drug-likeness (QED) is 0.507. The summed E-state index contributed by atoms with van der Waals surface area (Å²) < 4.78 is 41.1. The molecule has 0 bridgehead atoms. The van der Waals surface area contributed by atoms with Crippen molar-refractivity contribution < 1.29 is 13.2 Å². The Balaban J connectivity index is 1.84. The van der Waals surface area contributed by atoms with E-state index in [1.807, 2.05) is 30.3 Å². The monoisotopic (exact) mass is 383 g/mol. The molecule has 0 radical (unpaired) electrons. The zero-order chi connectivity index (χ0) is 19.7. The molecular formula is C20H16F3N5. The average Bonchev–Trinajstić information content (AvgIpc) is 3.06. The van der Waals surface area contributed by atoms with E-state index < -0.39 is 11.7 Å². The molecule has 0 aliphatic carbocycles. The van der Waals surface area contributed by atoms with E-state index in [1.54, 1.807) is 29.9 Å². The molecule has 5 nitrogen and oxygen atoms in total. The van der Waals surface area contributed by atoms with Crippen LogP contribution in [0.1, 0.15) is 5.56 Å². The van der Waals surface area contributed by atoms with Crippen molar-refractivity contribution in [3.63, 3.8) is 0 Å². The molecule has 142 valence electrons. The minimum Gasteiger partial charge on any atom is -0.358 e. The van der Waals surface area contributed by atoms with Crippen LogP contribution in [0.4, 0.5) is 30.6 Å². The fourth-order valence-electron chi connectivity index (χ4n) is 2.97. The third-order valence-electron chi connectivity index (χ3n) is 4.24. The number of hydrogen-bond donors (Lipinski definition) is 2. The molecule has 2 heterocycles. The van der Waals surface area contributed by atoms with Gasteiger partial charge in [-0.15, -0.1) is 0 Å². The molecule has 8 heteroatoms. The largest absolute Gasteiger partial charge is 0.416 e. The maximum absolute atomic E-state index is 13.2. The summed E-state index contributed by atoms with van der Waals surface area (Å²) in [6.07, 6.45) is -2.83. The minimum absolute atomic E-state index is 0.360. The van der Waals surface area contributed by atoms with Crippen LogP contribution in [0.2, 0.25) is 0 Å². The maximum atomic E-state index is 13.2. The molecule has 2 N–H and O–H groups in total. The fourth-order valence-corrected chi connectivity index (χ4v) is 2.97. The van der Waals surface area contributed by atoms with E-state index in [-0.39, 0.29) is 0 Å². The SMILES string of the molecule is CNc1nc2cnc(Nc3ccccc3)cc2n1-c1cccc(C(F)(F)F)c1. The van der Waals surface area contributed by atoms with Crippen LogP contribution in [0.5, 0.6) is 0 Å². The van der Waals surface area contributed by atoms with Gasteiger partial charge in [0, 0.05) is 24.5 Å². The Bertz CT molecular complexity index is 1120. The van der Waals surface area contributed by atoms with Crippen molar-refractivity contribution in [3.8, 4) is 5.69 Å². The topological polar surface area (TPSA) is 54.8 Å². The number of hydrogen-bond acceptors (Lipinski definition) is 4. The number of imidazole rings is 1. The van der Waals surface area contributed by atoms with Crippen molar-refractivity contribution in [2.45, 2.75) is 6.18 Å². The normalized spacial score (nSPS) is 11.6. The maximum Gasteiger partial charge on any atom is 0.416 e. The zero-order valence-corrected chi connectivity index (χ0v) is 14.8. The standard InChI is InChI=1S/C20H16F3N5/c1-24-19-27-16-12-25-18(26-14-7-3-2-4-8-14)11-17(16)28(19)15-9-5-6-13(10-15)20(21,22)23/h2-12H,1H3,(H,24,27)(H,25,26). The van der Waals surface area contributed by atoms with E-state index in [2.05, 4.69) is 20.6 Å². The van der Waals surface area contributed by atoms with E-state index in [4.69, 9.17) is 0 Å². The molecule has 0 atom stereocenters. The lowest BCUT2D eigenvalue weighted by Gasteiger charge is -2.12. The first kappa shape index (κ1) is 17.8. The number of para-hydroxylation sites is 1. The van der Waals surface area contributed by atoms with Crippen molar-refractivity contribution in [3.05, 3.63) is 72.4 Å². The number of benzene rings is 2. The third kappa shape index (κ3) is 3.36. The highest BCUT2D eigenvalue weighted by Gasteiger charge is 2.30. The average molecular weight is 383 g/mol. The van der Waals surface area contributed by atoms with Gasteiger partial charge in [0.25, 0.3) is 0 Å². The minimum atomic E-state index is -4.42. The van der Waals surface area contributed by atoms with Crippen molar-refractivity contribution in [1.82, 2.24) is 14.5 Å². The zero-order valence-electron chi connectivity index (χ0n) is 14.8. The molecule has 0 unspecified atom stereocenters. The Labute approximate surface area is 158 Å². The number of fused-ring (bicyclic) bond motifs is 1. The Morgan fingerprint density at radius 3 is 2.46 bits per heavy atom. The fraction of sp³-hybridized carbons (Fsp3) is 0.100. The lowest BCUT2D eigenvalue weighted by molar-refractivity contribution is -0.137. The summed E-state index contributed by atoms with van der Waals surface area (Å²) >= 11 is 0. The number of nitrogens with zero attached hydrogens (tertiary/aromatic N) is 3. The summed E-state index contributed by atoms with van der Waals surface area (Å²) in [6.45, 7) is 0. The molecule has 0 amide bonds. The van der Waals surface area contributed by atoms with E-state index in [1.165, 1.54) is 6.07 Å². The second kappa shape index (κ2) is 6.88. The van der Waals surface area contributed by atoms with Gasteiger partial charge in [0.15, 0.2) is 0 Å². The first-order valence-electron chi connectivity index (χ1n) is 8.51. The van der Waals surface area contributed by atoms with Gasteiger partial charge < -0.3 is 10.6 Å². The predicted octanol–water partition coefficient (Wildman–Crippen LogP) is 5.22. The van der Waals surface area contributed by atoms with Crippen LogP contribution >= 0.6 is 0 Å². The van der Waals surface area contributed by atoms with Crippen molar-refractivity contribution in [2.24, 2.45) is 0 Å². The third-order valence-corrected chi connectivity index (χ3v) is 4.24. The van der Waals surface area contributed by atoms with Gasteiger partial charge in [0.05, 0.1) is 17.3 Å². The lowest BCUT2D eigenvalue weighted by Crippen LogP contribution is -2.07. The van der Waals surface area contributed by atoms with Gasteiger partial charge in [-0.2, -0.15) is 13.2 Å². The summed E-state index contributed by atoms with van der Waals surface area (Å²) in [5.74, 6) is 0.988. The van der Waals surface area contributed by atoms with Crippen molar-refractivity contribution >= 4 is 28.5 Å². The second-order valence-corrected chi connectivity index (χ2v) is 6.12. The van der Waals surface area contributed by atoms with E-state index in [0.29, 0.717) is 28.5 Å². The summed E-state index contributed by atoms with van der Waals surface area (Å²) in [5.41, 5.74) is 1.70. The molecule has 2 aromatic heterocycles. The Kier molecular flexibility index (Phi) is 4.38. The number of alkyl halides is 3. The molecule has 4 rings (SSSR count). The van der Waals surface area contributed by atoms with E-state index in [9.17, 15) is 13.2 Å². The lowest BCUT2D eigenvalue weighted by atomic mass is 10.2. The number of halogens is 3. The van der Waals surface area contributed by atoms with Gasteiger partial charge in [0.2, 0.25) is 5.95 Å². The van der Waals surface area contributed by atoms with Gasteiger partial charge in [-0.1, -0.05) is 24.3 Å². The summed E-state index contributed by atoms with van der Waals surface area (Å²) in [4.78, 5) is 8.77. The molecular weight excluding hydrogens is 367 g/mol. The molecule has 0 spiro atoms. The van der Waals surface area contributed by atoms with Gasteiger partial charge >= 0.3 is 6.18 Å². The molecule has 0 saturated carbocycles. The predicted molar refractivity (Wildman–Crippen MR) is 103 cm³/mol. The van der Waals surface area contributed by atoms with Crippen LogP contribution in [0.25, 0.3) is 16.7 Å². The van der Waals surface area contributed by atoms with Gasteiger partial charge in [0.1, 0.15) is 11.3 Å². The highest BCUT2D eigenvalue weighted by atomic mass is 19.4. The molecule has 4 aromatic rings. The van der Waals surface area contributed by atoms with Crippen molar-refractivity contribution in [2.75, 3.05) is 17.7 Å². The molecule has 2 aromatic carbocycles. The number of nitrogens with one attached hydrogen (secondary N) is 2. The molecule has 0 aliphatic heterocycles. The second-order valence-electron chi connectivity index (χ2n) is 6.12. The van der Waals surface area contributed by atoms with Crippen LogP contribution in [-0.4, -0.2) is 21.6 Å². The van der Waals surface area contributed by atoms with Crippen LogP contribution in [-0.2, 0) is 6.18 Å². The Morgan fingerprint density at radius 2 is 1.75 bits per heavy atom. The highest BCUT2D eigenvalue weighted by molar-refractivity contribution is 5.83. The highest BCUT2D eigenvalue weighted by Crippen LogP contribution is 2.32. The van der Waals surface area contributed by atoms with Gasteiger partial charge in [-0.05, 0) is 30.3 Å². The number of aromatic nitrogens is 3. The Hall–Kier alpha value is -3.55. The smallest absolute Gasteiger partial charge is 0.358 e. The van der Waals surface area contributed by atoms with E-state index in [0.717, 1.165) is 17.8 Å². The first-order valence-corrected chi connectivity index (χ1v) is 8.51.